The largest absolute Gasteiger partial charge is 0.403 e. The molecule has 0 aliphatic rings. The van der Waals surface area contributed by atoms with Gasteiger partial charge in [-0.3, -0.25) is 4.99 Å². The first-order valence-electron chi connectivity index (χ1n) is 7.47. The fourth-order valence-electron chi connectivity index (χ4n) is 2.30. The van der Waals surface area contributed by atoms with E-state index in [1.807, 2.05) is 6.92 Å². The maximum atomic E-state index is 5.57. The molecule has 3 nitrogen and oxygen atoms in total. The van der Waals surface area contributed by atoms with Crippen molar-refractivity contribution in [3.8, 4) is 0 Å². The topological polar surface area (TPSA) is 43.3 Å². The summed E-state index contributed by atoms with van der Waals surface area (Å²) < 4.78 is 2.12. The fraction of sp³-hybridized carbons (Fsp3) is 0.389. The number of hydrogen-bond acceptors (Lipinski definition) is 2. The molecule has 0 unspecified atom stereocenters. The van der Waals surface area contributed by atoms with Crippen molar-refractivity contribution < 1.29 is 0 Å². The van der Waals surface area contributed by atoms with Gasteiger partial charge in [0.2, 0.25) is 0 Å². The van der Waals surface area contributed by atoms with Crippen LogP contribution in [0.25, 0.3) is 5.57 Å². The molecule has 0 aromatic carbocycles. The van der Waals surface area contributed by atoms with Gasteiger partial charge in [0.05, 0.1) is 0 Å². The molecule has 1 rings (SSSR count). The molecule has 0 saturated carbocycles. The Balaban J connectivity index is 2.67. The minimum absolute atomic E-state index is 0.781. The van der Waals surface area contributed by atoms with Crippen LogP contribution in [0.5, 0.6) is 0 Å². The number of aryl methyl sites for hydroxylation is 1. The van der Waals surface area contributed by atoms with Gasteiger partial charge in [-0.05, 0) is 44.7 Å². The van der Waals surface area contributed by atoms with Crippen molar-refractivity contribution >= 4 is 11.3 Å². The molecule has 3 heteroatoms. The van der Waals surface area contributed by atoms with Crippen LogP contribution in [0.4, 0.5) is 0 Å². The minimum Gasteiger partial charge on any atom is -0.403 e. The molecule has 1 aromatic heterocycles. The molecule has 114 valence electrons. The number of nitrogens with zero attached hydrogens (tertiary/aromatic N) is 2. The van der Waals surface area contributed by atoms with Crippen molar-refractivity contribution in [2.75, 3.05) is 0 Å². The lowest BCUT2D eigenvalue weighted by Gasteiger charge is -2.09. The van der Waals surface area contributed by atoms with Gasteiger partial charge in [0, 0.05) is 42.1 Å². The smallest absolute Gasteiger partial charge is 0.0492 e. The molecule has 0 spiro atoms. The summed E-state index contributed by atoms with van der Waals surface area (Å²) in [5.74, 6) is 0. The van der Waals surface area contributed by atoms with E-state index in [2.05, 4.69) is 54.2 Å². The van der Waals surface area contributed by atoms with E-state index in [4.69, 9.17) is 5.73 Å². The van der Waals surface area contributed by atoms with Crippen LogP contribution in [0.2, 0.25) is 0 Å². The highest BCUT2D eigenvalue weighted by Gasteiger charge is 2.07. The second-order valence-electron chi connectivity index (χ2n) is 5.28. The third-order valence-corrected chi connectivity index (χ3v) is 3.44. The molecule has 0 amide bonds. The Labute approximate surface area is 128 Å². The number of nitrogens with two attached hydrogens (primary N) is 1. The van der Waals surface area contributed by atoms with Gasteiger partial charge in [-0.1, -0.05) is 25.7 Å². The predicted molar refractivity (Wildman–Crippen MR) is 93.1 cm³/mol. The zero-order valence-electron chi connectivity index (χ0n) is 13.3. The van der Waals surface area contributed by atoms with Crippen LogP contribution in [0.15, 0.2) is 54.5 Å². The van der Waals surface area contributed by atoms with Crippen LogP contribution in [0.3, 0.4) is 0 Å². The van der Waals surface area contributed by atoms with E-state index in [1.54, 1.807) is 6.20 Å². The standard InChI is InChI=1S/C18H27N3/c1-5-20-16(3)17(18-13-10-14-21(18)4)12-9-7-6-8-11-15(2)19/h5,10,12-14H,1-2,6-9,11,19H2,3-4H3/b17-12-,20-16+. The molecule has 21 heavy (non-hydrogen) atoms. The van der Waals surface area contributed by atoms with Crippen molar-refractivity contribution in [3.05, 3.63) is 55.2 Å². The average molecular weight is 285 g/mol. The van der Waals surface area contributed by atoms with Crippen LogP contribution in [-0.4, -0.2) is 10.3 Å². The molecule has 1 aromatic rings. The van der Waals surface area contributed by atoms with Crippen LogP contribution in [-0.2, 0) is 7.05 Å². The molecule has 0 fully saturated rings. The van der Waals surface area contributed by atoms with Crippen LogP contribution >= 0.6 is 0 Å². The quantitative estimate of drug-likeness (QED) is 0.529. The van der Waals surface area contributed by atoms with Gasteiger partial charge in [-0.2, -0.15) is 0 Å². The summed E-state index contributed by atoms with van der Waals surface area (Å²) >= 11 is 0. The lowest BCUT2D eigenvalue weighted by atomic mass is 10.0. The molecule has 0 aliphatic heterocycles. The summed E-state index contributed by atoms with van der Waals surface area (Å²) in [6.45, 7) is 9.44. The van der Waals surface area contributed by atoms with Gasteiger partial charge in [0.15, 0.2) is 0 Å². The maximum Gasteiger partial charge on any atom is 0.0492 e. The number of aliphatic imine (C=N–C) groups is 1. The van der Waals surface area contributed by atoms with Crippen LogP contribution < -0.4 is 5.73 Å². The molecule has 2 N–H and O–H groups in total. The first-order valence-corrected chi connectivity index (χ1v) is 7.47. The molecule has 0 saturated heterocycles. The highest BCUT2D eigenvalue weighted by molar-refractivity contribution is 6.22. The maximum absolute atomic E-state index is 5.57. The highest BCUT2D eigenvalue weighted by atomic mass is 14.9. The average Bonchev–Trinajstić information content (AvgIpc) is 2.84. The Morgan fingerprint density at radius 2 is 2.14 bits per heavy atom. The third kappa shape index (κ3) is 5.86. The highest BCUT2D eigenvalue weighted by Crippen LogP contribution is 2.19. The third-order valence-electron chi connectivity index (χ3n) is 3.44. The van der Waals surface area contributed by atoms with E-state index in [-0.39, 0.29) is 0 Å². The van der Waals surface area contributed by atoms with Crippen molar-refractivity contribution in [2.45, 2.75) is 39.0 Å². The van der Waals surface area contributed by atoms with E-state index in [0.717, 1.165) is 37.1 Å². The molecular weight excluding hydrogens is 258 g/mol. The normalized spacial score (nSPS) is 12.5. The minimum atomic E-state index is 0.781. The SMILES string of the molecule is C=C/N=C(C)/C(=C/CCCCCC(=C)N)c1cccn1C. The fourth-order valence-corrected chi connectivity index (χ4v) is 2.30. The Morgan fingerprint density at radius 1 is 1.38 bits per heavy atom. The summed E-state index contributed by atoms with van der Waals surface area (Å²) in [7, 11) is 2.05. The van der Waals surface area contributed by atoms with Gasteiger partial charge < -0.3 is 10.3 Å². The number of allylic oxidation sites excluding steroid dienone is 3. The summed E-state index contributed by atoms with van der Waals surface area (Å²) in [5.41, 5.74) is 9.73. The number of rotatable bonds is 9. The monoisotopic (exact) mass is 285 g/mol. The van der Waals surface area contributed by atoms with Crippen molar-refractivity contribution in [3.63, 3.8) is 0 Å². The van der Waals surface area contributed by atoms with E-state index >= 15 is 0 Å². The van der Waals surface area contributed by atoms with Crippen molar-refractivity contribution in [1.29, 1.82) is 0 Å². The second-order valence-corrected chi connectivity index (χ2v) is 5.28. The summed E-state index contributed by atoms with van der Waals surface area (Å²) in [4.78, 5) is 4.33. The molecule has 1 heterocycles. The Kier molecular flexibility index (Phi) is 7.30. The summed E-state index contributed by atoms with van der Waals surface area (Å²) in [5, 5.41) is 0. The summed E-state index contributed by atoms with van der Waals surface area (Å²) in [6.07, 6.45) is 11.3. The first kappa shape index (κ1) is 17.0. The van der Waals surface area contributed by atoms with Gasteiger partial charge in [-0.15, -0.1) is 0 Å². The number of unbranched alkanes of at least 4 members (excludes halogenated alkanes) is 3. The van der Waals surface area contributed by atoms with E-state index in [0.29, 0.717) is 0 Å². The van der Waals surface area contributed by atoms with Crippen molar-refractivity contribution in [1.82, 2.24) is 4.57 Å². The van der Waals surface area contributed by atoms with Gasteiger partial charge >= 0.3 is 0 Å². The zero-order valence-corrected chi connectivity index (χ0v) is 13.3. The van der Waals surface area contributed by atoms with Crippen LogP contribution in [0, 0.1) is 0 Å². The zero-order chi connectivity index (χ0) is 15.7. The Bertz CT molecular complexity index is 532. The van der Waals surface area contributed by atoms with Crippen LogP contribution in [0.1, 0.15) is 44.7 Å². The lowest BCUT2D eigenvalue weighted by Crippen LogP contribution is -2.02. The molecule has 0 radical (unpaired) electrons. The second kappa shape index (κ2) is 9.01. The molecule has 0 aliphatic carbocycles. The van der Waals surface area contributed by atoms with Gasteiger partial charge in [0.1, 0.15) is 0 Å². The first-order chi connectivity index (χ1) is 10.1. The van der Waals surface area contributed by atoms with E-state index < -0.39 is 0 Å². The molecular formula is C18H27N3. The Hall–Kier alpha value is -2.03. The lowest BCUT2D eigenvalue weighted by molar-refractivity contribution is 0.682. The van der Waals surface area contributed by atoms with Crippen molar-refractivity contribution in [2.24, 2.45) is 17.8 Å². The molecule has 0 bridgehead atoms. The van der Waals surface area contributed by atoms with Gasteiger partial charge in [-0.25, -0.2) is 0 Å². The van der Waals surface area contributed by atoms with Gasteiger partial charge in [0.25, 0.3) is 0 Å². The molecule has 0 atom stereocenters. The number of aromatic nitrogens is 1. The summed E-state index contributed by atoms with van der Waals surface area (Å²) in [6, 6.07) is 4.17. The van der Waals surface area contributed by atoms with E-state index in [1.165, 1.54) is 17.7 Å². The number of hydrogen-bond donors (Lipinski definition) is 1. The van der Waals surface area contributed by atoms with E-state index in [9.17, 15) is 0 Å². The predicted octanol–water partition coefficient (Wildman–Crippen LogP) is 4.44. The Morgan fingerprint density at radius 3 is 2.71 bits per heavy atom.